The van der Waals surface area contributed by atoms with Crippen molar-refractivity contribution >= 4 is 11.9 Å². The SMILES string of the molecule is CC[C@@H](C)N(C(=O)OC(C)(C)C)c1ncccc1[C@@H]1CCCCN1. The molecule has 0 unspecified atom stereocenters. The minimum absolute atomic E-state index is 0.0251. The molecule has 134 valence electrons. The number of carbonyl (C=O) groups excluding carboxylic acids is 1. The van der Waals surface area contributed by atoms with Crippen LogP contribution in [-0.2, 0) is 4.74 Å². The van der Waals surface area contributed by atoms with Gasteiger partial charge in [0.2, 0.25) is 0 Å². The molecule has 0 aromatic carbocycles. The van der Waals surface area contributed by atoms with E-state index >= 15 is 0 Å². The van der Waals surface area contributed by atoms with Gasteiger partial charge in [0.05, 0.1) is 0 Å². The number of hydrogen-bond acceptors (Lipinski definition) is 4. The Labute approximate surface area is 145 Å². The first-order valence-electron chi connectivity index (χ1n) is 9.04. The van der Waals surface area contributed by atoms with Gasteiger partial charge in [-0.3, -0.25) is 4.90 Å². The van der Waals surface area contributed by atoms with Gasteiger partial charge in [0, 0.05) is 23.8 Å². The molecule has 0 bridgehead atoms. The predicted molar refractivity (Wildman–Crippen MR) is 97.3 cm³/mol. The molecule has 1 amide bonds. The zero-order valence-corrected chi connectivity index (χ0v) is 15.6. The molecular weight excluding hydrogens is 302 g/mol. The lowest BCUT2D eigenvalue weighted by Crippen LogP contribution is -2.43. The summed E-state index contributed by atoms with van der Waals surface area (Å²) < 4.78 is 5.65. The molecule has 1 fully saturated rings. The van der Waals surface area contributed by atoms with Crippen molar-refractivity contribution in [3.8, 4) is 0 Å². The first-order valence-corrected chi connectivity index (χ1v) is 9.04. The van der Waals surface area contributed by atoms with Crippen molar-refractivity contribution in [2.45, 2.75) is 78.0 Å². The van der Waals surface area contributed by atoms with Crippen molar-refractivity contribution < 1.29 is 9.53 Å². The van der Waals surface area contributed by atoms with E-state index in [1.54, 1.807) is 11.1 Å². The van der Waals surface area contributed by atoms with Crippen LogP contribution in [0.3, 0.4) is 0 Å². The molecule has 2 atom stereocenters. The average molecular weight is 333 g/mol. The van der Waals surface area contributed by atoms with Crippen LogP contribution in [0, 0.1) is 0 Å². The largest absolute Gasteiger partial charge is 0.443 e. The fourth-order valence-corrected chi connectivity index (χ4v) is 2.97. The molecule has 2 heterocycles. The molecule has 0 aliphatic carbocycles. The third-order valence-corrected chi connectivity index (χ3v) is 4.35. The summed E-state index contributed by atoms with van der Waals surface area (Å²) in [6, 6.07) is 4.29. The maximum Gasteiger partial charge on any atom is 0.416 e. The Bertz CT molecular complexity index is 548. The van der Waals surface area contributed by atoms with E-state index in [2.05, 4.69) is 23.3 Å². The lowest BCUT2D eigenvalue weighted by atomic mass is 9.97. The van der Waals surface area contributed by atoms with Gasteiger partial charge in [-0.2, -0.15) is 0 Å². The topological polar surface area (TPSA) is 54.5 Å². The smallest absolute Gasteiger partial charge is 0.416 e. The van der Waals surface area contributed by atoms with E-state index in [0.29, 0.717) is 0 Å². The summed E-state index contributed by atoms with van der Waals surface area (Å²) in [6.45, 7) is 10.8. The summed E-state index contributed by atoms with van der Waals surface area (Å²) in [5, 5.41) is 3.56. The molecule has 0 radical (unpaired) electrons. The van der Waals surface area contributed by atoms with Gasteiger partial charge in [0.25, 0.3) is 0 Å². The van der Waals surface area contributed by atoms with E-state index in [1.165, 1.54) is 12.8 Å². The highest BCUT2D eigenvalue weighted by molar-refractivity contribution is 5.88. The Kier molecular flexibility index (Phi) is 6.21. The quantitative estimate of drug-likeness (QED) is 0.885. The van der Waals surface area contributed by atoms with Gasteiger partial charge in [0.1, 0.15) is 11.4 Å². The van der Waals surface area contributed by atoms with E-state index in [4.69, 9.17) is 4.74 Å². The normalized spacial score (nSPS) is 19.6. The molecule has 5 nitrogen and oxygen atoms in total. The van der Waals surface area contributed by atoms with Gasteiger partial charge >= 0.3 is 6.09 Å². The standard InChI is InChI=1S/C19H31N3O2/c1-6-14(2)22(18(23)24-19(3,4)5)17-15(10-9-13-21-17)16-11-7-8-12-20-16/h9-10,13-14,16,20H,6-8,11-12H2,1-5H3/t14-,16+/m1/s1. The van der Waals surface area contributed by atoms with Crippen LogP contribution >= 0.6 is 0 Å². The maximum atomic E-state index is 12.8. The molecule has 1 N–H and O–H groups in total. The number of carbonyl (C=O) groups is 1. The highest BCUT2D eigenvalue weighted by Gasteiger charge is 2.31. The summed E-state index contributed by atoms with van der Waals surface area (Å²) in [6.07, 6.45) is 5.73. The van der Waals surface area contributed by atoms with Gasteiger partial charge in [-0.25, -0.2) is 9.78 Å². The summed E-state index contributed by atoms with van der Waals surface area (Å²) in [7, 11) is 0. The van der Waals surface area contributed by atoms with Gasteiger partial charge < -0.3 is 10.1 Å². The van der Waals surface area contributed by atoms with E-state index in [-0.39, 0.29) is 18.2 Å². The number of aromatic nitrogens is 1. The molecule has 5 heteroatoms. The third-order valence-electron chi connectivity index (χ3n) is 4.35. The number of pyridine rings is 1. The molecular formula is C19H31N3O2. The molecule has 1 aliphatic rings. The van der Waals surface area contributed by atoms with Crippen LogP contribution < -0.4 is 10.2 Å². The van der Waals surface area contributed by atoms with Gasteiger partial charge in [-0.05, 0) is 59.6 Å². The molecule has 0 spiro atoms. The van der Waals surface area contributed by atoms with Crippen molar-refractivity contribution in [3.05, 3.63) is 23.9 Å². The summed E-state index contributed by atoms with van der Waals surface area (Å²) in [5.74, 6) is 0.723. The van der Waals surface area contributed by atoms with E-state index in [9.17, 15) is 4.79 Å². The Hall–Kier alpha value is -1.62. The molecule has 1 aromatic heterocycles. The number of ether oxygens (including phenoxy) is 1. The van der Waals surface area contributed by atoms with E-state index < -0.39 is 5.60 Å². The number of rotatable bonds is 4. The Balaban J connectivity index is 2.37. The summed E-state index contributed by atoms with van der Waals surface area (Å²) in [4.78, 5) is 19.1. The van der Waals surface area contributed by atoms with Crippen LogP contribution in [-0.4, -0.2) is 29.3 Å². The number of nitrogens with one attached hydrogen (secondary N) is 1. The summed E-state index contributed by atoms with van der Waals surface area (Å²) >= 11 is 0. The highest BCUT2D eigenvalue weighted by atomic mass is 16.6. The van der Waals surface area contributed by atoms with Crippen LogP contribution in [0.15, 0.2) is 18.3 Å². The second-order valence-corrected chi connectivity index (χ2v) is 7.53. The van der Waals surface area contributed by atoms with Crippen LogP contribution in [0.1, 0.15) is 71.9 Å². The predicted octanol–water partition coefficient (Wildman–Crippen LogP) is 4.44. The lowest BCUT2D eigenvalue weighted by molar-refractivity contribution is 0.0565. The molecule has 1 aromatic rings. The molecule has 1 saturated heterocycles. The third kappa shape index (κ3) is 4.69. The zero-order valence-electron chi connectivity index (χ0n) is 15.6. The zero-order chi connectivity index (χ0) is 17.7. The minimum Gasteiger partial charge on any atom is -0.443 e. The van der Waals surface area contributed by atoms with Crippen molar-refractivity contribution in [1.29, 1.82) is 0 Å². The van der Waals surface area contributed by atoms with E-state index in [0.717, 1.165) is 30.8 Å². The molecule has 2 rings (SSSR count). The highest BCUT2D eigenvalue weighted by Crippen LogP contribution is 2.31. The Morgan fingerprint density at radius 2 is 2.21 bits per heavy atom. The average Bonchev–Trinajstić information content (AvgIpc) is 2.54. The van der Waals surface area contributed by atoms with Crippen LogP contribution in [0.25, 0.3) is 0 Å². The van der Waals surface area contributed by atoms with Crippen molar-refractivity contribution in [2.75, 3.05) is 11.4 Å². The van der Waals surface area contributed by atoms with Crippen molar-refractivity contribution in [2.24, 2.45) is 0 Å². The molecule has 1 aliphatic heterocycles. The Morgan fingerprint density at radius 3 is 2.79 bits per heavy atom. The minimum atomic E-state index is -0.527. The molecule has 24 heavy (non-hydrogen) atoms. The van der Waals surface area contributed by atoms with Crippen molar-refractivity contribution in [3.63, 3.8) is 0 Å². The number of amides is 1. The van der Waals surface area contributed by atoms with Crippen molar-refractivity contribution in [1.82, 2.24) is 10.3 Å². The number of nitrogens with zero attached hydrogens (tertiary/aromatic N) is 2. The van der Waals surface area contributed by atoms with Gasteiger partial charge in [-0.15, -0.1) is 0 Å². The van der Waals surface area contributed by atoms with Crippen LogP contribution in [0.5, 0.6) is 0 Å². The molecule has 0 saturated carbocycles. The van der Waals surface area contributed by atoms with Gasteiger partial charge in [-0.1, -0.05) is 19.4 Å². The monoisotopic (exact) mass is 333 g/mol. The maximum absolute atomic E-state index is 12.8. The van der Waals surface area contributed by atoms with Crippen LogP contribution in [0.4, 0.5) is 10.6 Å². The second kappa shape index (κ2) is 7.97. The van der Waals surface area contributed by atoms with Gasteiger partial charge in [0.15, 0.2) is 0 Å². The lowest BCUT2D eigenvalue weighted by Gasteiger charge is -2.33. The first kappa shape index (κ1) is 18.7. The fraction of sp³-hybridized carbons (Fsp3) is 0.684. The fourth-order valence-electron chi connectivity index (χ4n) is 2.97. The number of anilines is 1. The first-order chi connectivity index (χ1) is 11.3. The Morgan fingerprint density at radius 1 is 1.46 bits per heavy atom. The number of piperidine rings is 1. The second-order valence-electron chi connectivity index (χ2n) is 7.53. The van der Waals surface area contributed by atoms with Crippen LogP contribution in [0.2, 0.25) is 0 Å². The summed E-state index contributed by atoms with van der Waals surface area (Å²) in [5.41, 5.74) is 0.559. The number of hydrogen-bond donors (Lipinski definition) is 1. The van der Waals surface area contributed by atoms with E-state index in [1.807, 2.05) is 33.8 Å².